The molecule has 23 heavy (non-hydrogen) atoms. The van der Waals surface area contributed by atoms with Crippen LogP contribution in [0.4, 0.5) is 0 Å². The summed E-state index contributed by atoms with van der Waals surface area (Å²) in [4.78, 5) is 12.2. The topological polar surface area (TPSA) is 55.1 Å². The molecule has 4 nitrogen and oxygen atoms in total. The van der Waals surface area contributed by atoms with Crippen LogP contribution in [0.5, 0.6) is 0 Å². The van der Waals surface area contributed by atoms with Gasteiger partial charge in [0.25, 0.3) is 0 Å². The first-order chi connectivity index (χ1) is 11.2. The SMILES string of the molecule is Cc1onc(-c2ccccc2)c1CNC(=O)CC1CCCCC1. The maximum Gasteiger partial charge on any atom is 0.220 e. The number of aromatic nitrogens is 1. The monoisotopic (exact) mass is 312 g/mol. The molecule has 2 aromatic rings. The van der Waals surface area contributed by atoms with Crippen LogP contribution in [0.3, 0.4) is 0 Å². The van der Waals surface area contributed by atoms with Crippen molar-refractivity contribution in [2.24, 2.45) is 5.92 Å². The molecule has 1 saturated carbocycles. The number of carbonyl (C=O) groups is 1. The lowest BCUT2D eigenvalue weighted by Crippen LogP contribution is -2.26. The van der Waals surface area contributed by atoms with E-state index in [1.54, 1.807) is 0 Å². The van der Waals surface area contributed by atoms with E-state index in [-0.39, 0.29) is 5.91 Å². The number of rotatable bonds is 5. The summed E-state index contributed by atoms with van der Waals surface area (Å²) in [6.45, 7) is 2.37. The molecule has 0 saturated heterocycles. The third-order valence-corrected chi connectivity index (χ3v) is 4.69. The smallest absolute Gasteiger partial charge is 0.220 e. The van der Waals surface area contributed by atoms with Gasteiger partial charge in [-0.1, -0.05) is 54.8 Å². The number of nitrogens with one attached hydrogen (secondary N) is 1. The van der Waals surface area contributed by atoms with Crippen LogP contribution >= 0.6 is 0 Å². The van der Waals surface area contributed by atoms with E-state index >= 15 is 0 Å². The highest BCUT2D eigenvalue weighted by Gasteiger charge is 2.19. The van der Waals surface area contributed by atoms with Crippen LogP contribution in [-0.2, 0) is 11.3 Å². The third kappa shape index (κ3) is 4.01. The lowest BCUT2D eigenvalue weighted by atomic mass is 9.87. The molecule has 1 aliphatic carbocycles. The van der Waals surface area contributed by atoms with Gasteiger partial charge in [0.1, 0.15) is 11.5 Å². The largest absolute Gasteiger partial charge is 0.361 e. The molecular formula is C19H24N2O2. The minimum Gasteiger partial charge on any atom is -0.361 e. The van der Waals surface area contributed by atoms with Gasteiger partial charge in [0, 0.05) is 24.1 Å². The number of hydrogen-bond acceptors (Lipinski definition) is 3. The average Bonchev–Trinajstić information content (AvgIpc) is 2.95. The first-order valence-electron chi connectivity index (χ1n) is 8.51. The predicted octanol–water partition coefficient (Wildman–Crippen LogP) is 4.24. The van der Waals surface area contributed by atoms with Crippen molar-refractivity contribution in [2.75, 3.05) is 0 Å². The lowest BCUT2D eigenvalue weighted by molar-refractivity contribution is -0.122. The molecule has 3 rings (SSSR count). The van der Waals surface area contributed by atoms with Crippen molar-refractivity contribution in [3.05, 3.63) is 41.7 Å². The van der Waals surface area contributed by atoms with E-state index in [0.717, 1.165) is 22.6 Å². The van der Waals surface area contributed by atoms with Crippen LogP contribution < -0.4 is 5.32 Å². The zero-order valence-corrected chi connectivity index (χ0v) is 13.7. The Kier molecular flexibility index (Phi) is 5.11. The minimum absolute atomic E-state index is 0.136. The van der Waals surface area contributed by atoms with Gasteiger partial charge in [-0.2, -0.15) is 0 Å². The normalized spacial score (nSPS) is 15.5. The van der Waals surface area contributed by atoms with E-state index in [9.17, 15) is 4.79 Å². The Hall–Kier alpha value is -2.10. The van der Waals surface area contributed by atoms with Gasteiger partial charge in [0.15, 0.2) is 0 Å². The Morgan fingerprint density at radius 1 is 1.22 bits per heavy atom. The first kappa shape index (κ1) is 15.8. The van der Waals surface area contributed by atoms with Crippen LogP contribution in [-0.4, -0.2) is 11.1 Å². The van der Waals surface area contributed by atoms with Gasteiger partial charge in [0.2, 0.25) is 5.91 Å². The van der Waals surface area contributed by atoms with Crippen molar-refractivity contribution in [2.45, 2.75) is 52.0 Å². The summed E-state index contributed by atoms with van der Waals surface area (Å²) in [5, 5.41) is 7.20. The van der Waals surface area contributed by atoms with E-state index in [0.29, 0.717) is 18.9 Å². The molecule has 122 valence electrons. The number of carbonyl (C=O) groups excluding carboxylic acids is 1. The van der Waals surface area contributed by atoms with Gasteiger partial charge in [-0.25, -0.2) is 0 Å². The molecule has 1 aromatic heterocycles. The van der Waals surface area contributed by atoms with Gasteiger partial charge in [-0.15, -0.1) is 0 Å². The summed E-state index contributed by atoms with van der Waals surface area (Å²) in [7, 11) is 0. The van der Waals surface area contributed by atoms with Gasteiger partial charge < -0.3 is 9.84 Å². The van der Waals surface area contributed by atoms with Crippen molar-refractivity contribution in [1.29, 1.82) is 0 Å². The zero-order valence-electron chi connectivity index (χ0n) is 13.7. The summed E-state index contributed by atoms with van der Waals surface area (Å²) in [5.41, 5.74) is 2.80. The van der Waals surface area contributed by atoms with E-state index in [1.807, 2.05) is 37.3 Å². The fourth-order valence-electron chi connectivity index (χ4n) is 3.33. The van der Waals surface area contributed by atoms with Gasteiger partial charge in [-0.3, -0.25) is 4.79 Å². The fourth-order valence-corrected chi connectivity index (χ4v) is 3.33. The average molecular weight is 312 g/mol. The van der Waals surface area contributed by atoms with E-state index < -0.39 is 0 Å². The zero-order chi connectivity index (χ0) is 16.1. The molecule has 1 fully saturated rings. The Morgan fingerprint density at radius 3 is 2.70 bits per heavy atom. The summed E-state index contributed by atoms with van der Waals surface area (Å²) in [5.74, 6) is 1.46. The number of aryl methyl sites for hydroxylation is 1. The van der Waals surface area contributed by atoms with Crippen LogP contribution in [0.1, 0.15) is 49.8 Å². The standard InChI is InChI=1S/C19H24N2O2/c1-14-17(19(21-23-14)16-10-6-3-7-11-16)13-20-18(22)12-15-8-4-2-5-9-15/h3,6-7,10-11,15H,2,4-5,8-9,12-13H2,1H3,(H,20,22). The van der Waals surface area contributed by atoms with Crippen molar-refractivity contribution in [3.63, 3.8) is 0 Å². The molecule has 1 heterocycles. The maximum atomic E-state index is 12.2. The number of hydrogen-bond donors (Lipinski definition) is 1. The van der Waals surface area contributed by atoms with Crippen LogP contribution in [0, 0.1) is 12.8 Å². The molecule has 1 amide bonds. The summed E-state index contributed by atoms with van der Waals surface area (Å²) < 4.78 is 5.33. The van der Waals surface area contributed by atoms with Gasteiger partial charge in [-0.05, 0) is 25.7 Å². The molecule has 0 unspecified atom stereocenters. The fraction of sp³-hybridized carbons (Fsp3) is 0.474. The van der Waals surface area contributed by atoms with Crippen molar-refractivity contribution in [1.82, 2.24) is 10.5 Å². The van der Waals surface area contributed by atoms with Gasteiger partial charge >= 0.3 is 0 Å². The van der Waals surface area contributed by atoms with Gasteiger partial charge in [0.05, 0.1) is 0 Å². The van der Waals surface area contributed by atoms with Crippen LogP contribution in [0.2, 0.25) is 0 Å². The minimum atomic E-state index is 0.136. The predicted molar refractivity (Wildman–Crippen MR) is 89.7 cm³/mol. The Morgan fingerprint density at radius 2 is 1.96 bits per heavy atom. The molecule has 0 spiro atoms. The second-order valence-corrected chi connectivity index (χ2v) is 6.42. The van der Waals surface area contributed by atoms with E-state index in [4.69, 9.17) is 4.52 Å². The molecule has 0 aliphatic heterocycles. The highest BCUT2D eigenvalue weighted by Crippen LogP contribution is 2.27. The number of amides is 1. The van der Waals surface area contributed by atoms with E-state index in [1.165, 1.54) is 32.1 Å². The van der Waals surface area contributed by atoms with Crippen molar-refractivity contribution in [3.8, 4) is 11.3 Å². The number of nitrogens with zero attached hydrogens (tertiary/aromatic N) is 1. The number of benzene rings is 1. The molecule has 1 aromatic carbocycles. The molecule has 0 atom stereocenters. The first-order valence-corrected chi connectivity index (χ1v) is 8.51. The Balaban J connectivity index is 1.62. The van der Waals surface area contributed by atoms with Crippen molar-refractivity contribution < 1.29 is 9.32 Å². The summed E-state index contributed by atoms with van der Waals surface area (Å²) in [6, 6.07) is 9.94. The van der Waals surface area contributed by atoms with Crippen LogP contribution in [0.25, 0.3) is 11.3 Å². The highest BCUT2D eigenvalue weighted by molar-refractivity contribution is 5.76. The summed E-state index contributed by atoms with van der Waals surface area (Å²) >= 11 is 0. The molecule has 0 radical (unpaired) electrons. The second kappa shape index (κ2) is 7.44. The molecule has 4 heteroatoms. The van der Waals surface area contributed by atoms with E-state index in [2.05, 4.69) is 10.5 Å². The Labute approximate surface area is 137 Å². The lowest BCUT2D eigenvalue weighted by Gasteiger charge is -2.20. The maximum absolute atomic E-state index is 12.2. The molecular weight excluding hydrogens is 288 g/mol. The quantitative estimate of drug-likeness (QED) is 0.898. The van der Waals surface area contributed by atoms with Crippen LogP contribution in [0.15, 0.2) is 34.9 Å². The highest BCUT2D eigenvalue weighted by atomic mass is 16.5. The molecule has 1 aliphatic rings. The third-order valence-electron chi connectivity index (χ3n) is 4.69. The molecule has 0 bridgehead atoms. The Bertz CT molecular complexity index is 643. The summed E-state index contributed by atoms with van der Waals surface area (Å²) in [6.07, 6.45) is 6.87. The second-order valence-electron chi connectivity index (χ2n) is 6.42. The molecule has 1 N–H and O–H groups in total. The van der Waals surface area contributed by atoms with Crippen molar-refractivity contribution >= 4 is 5.91 Å².